The number of hydrogen-bond donors (Lipinski definition) is 1. The largest absolute Gasteiger partial charge is 0.449 e. The van der Waals surface area contributed by atoms with Crippen LogP contribution >= 0.6 is 15.9 Å². The van der Waals surface area contributed by atoms with Crippen molar-refractivity contribution in [1.82, 2.24) is 0 Å². The molecule has 0 radical (unpaired) electrons. The van der Waals surface area contributed by atoms with Crippen molar-refractivity contribution < 1.29 is 22.7 Å². The topological polar surface area (TPSA) is 92.8 Å². The number of rotatable bonds is 6. The number of sulfonamides is 1. The van der Waals surface area contributed by atoms with Crippen LogP contribution < -0.4 is 9.62 Å². The van der Waals surface area contributed by atoms with Crippen molar-refractivity contribution in [3.63, 3.8) is 0 Å². The van der Waals surface area contributed by atoms with Gasteiger partial charge in [-0.2, -0.15) is 0 Å². The van der Waals surface area contributed by atoms with E-state index in [2.05, 4.69) is 20.7 Å². The number of nitrogens with one attached hydrogen (secondary N) is 1. The van der Waals surface area contributed by atoms with Crippen molar-refractivity contribution in [3.8, 4) is 0 Å². The molecule has 1 saturated heterocycles. The van der Waals surface area contributed by atoms with E-state index in [1.807, 2.05) is 59.7 Å². The highest BCUT2D eigenvalue weighted by atomic mass is 79.9. The fourth-order valence-electron chi connectivity index (χ4n) is 5.18. The number of amides is 1. The average Bonchev–Trinajstić information content (AvgIpc) is 2.86. The van der Waals surface area contributed by atoms with E-state index >= 15 is 0 Å². The van der Waals surface area contributed by atoms with Gasteiger partial charge in [-0.1, -0.05) is 54.9 Å². The zero-order chi connectivity index (χ0) is 30.3. The summed E-state index contributed by atoms with van der Waals surface area (Å²) in [6.45, 7) is 14.1. The third kappa shape index (κ3) is 6.51. The van der Waals surface area contributed by atoms with E-state index in [-0.39, 0.29) is 27.5 Å². The Hall–Kier alpha value is -3.17. The first kappa shape index (κ1) is 30.8. The number of anilines is 2. The number of carbonyl (C=O) groups excluding carboxylic acids is 2. The minimum atomic E-state index is -4.04. The van der Waals surface area contributed by atoms with Crippen molar-refractivity contribution in [1.29, 1.82) is 0 Å². The second-order valence-corrected chi connectivity index (χ2v) is 14.3. The summed E-state index contributed by atoms with van der Waals surface area (Å²) in [4.78, 5) is 28.7. The smallest absolute Gasteiger partial charge is 0.341 e. The number of hydrogen-bond acceptors (Lipinski definition) is 5. The van der Waals surface area contributed by atoms with Crippen LogP contribution in [0.1, 0.15) is 71.8 Å². The molecule has 0 saturated carbocycles. The van der Waals surface area contributed by atoms with E-state index in [4.69, 9.17) is 4.74 Å². The van der Waals surface area contributed by atoms with Crippen LogP contribution in [0.3, 0.4) is 0 Å². The van der Waals surface area contributed by atoms with Gasteiger partial charge in [-0.25, -0.2) is 13.2 Å². The SMILES string of the molecule is Cc1cc(C(C)(C)C)cc(S(=O)(=O)Nc2ccccc2C(=O)OC2CCCN(c3c(C)cc(Br)cc3C)C2=O)c1C. The fourth-order valence-corrected chi connectivity index (χ4v) is 7.29. The van der Waals surface area contributed by atoms with Crippen LogP contribution in [-0.4, -0.2) is 32.9 Å². The molecule has 218 valence electrons. The van der Waals surface area contributed by atoms with E-state index in [9.17, 15) is 18.0 Å². The van der Waals surface area contributed by atoms with Gasteiger partial charge in [0.2, 0.25) is 0 Å². The zero-order valence-electron chi connectivity index (χ0n) is 24.6. The lowest BCUT2D eigenvalue weighted by molar-refractivity contribution is -0.129. The summed E-state index contributed by atoms with van der Waals surface area (Å²) in [7, 11) is -4.04. The van der Waals surface area contributed by atoms with Gasteiger partial charge >= 0.3 is 5.97 Å². The van der Waals surface area contributed by atoms with Gasteiger partial charge in [0, 0.05) is 16.7 Å². The molecule has 1 fully saturated rings. The summed E-state index contributed by atoms with van der Waals surface area (Å²) in [5, 5.41) is 0. The molecule has 4 rings (SSSR count). The molecule has 0 spiro atoms. The summed E-state index contributed by atoms with van der Waals surface area (Å²) in [5.74, 6) is -1.05. The number of para-hydroxylation sites is 1. The Labute approximate surface area is 251 Å². The van der Waals surface area contributed by atoms with Crippen LogP contribution in [0.25, 0.3) is 0 Å². The Morgan fingerprint density at radius 2 is 1.63 bits per heavy atom. The molecule has 1 unspecified atom stereocenters. The molecule has 41 heavy (non-hydrogen) atoms. The highest BCUT2D eigenvalue weighted by molar-refractivity contribution is 9.10. The predicted molar refractivity (Wildman–Crippen MR) is 166 cm³/mol. The molecule has 3 aromatic rings. The Morgan fingerprint density at radius 1 is 1.00 bits per heavy atom. The third-order valence-corrected chi connectivity index (χ3v) is 9.48. The minimum absolute atomic E-state index is 0.0401. The Bertz CT molecular complexity index is 1600. The van der Waals surface area contributed by atoms with E-state index < -0.39 is 22.1 Å². The normalized spacial score (nSPS) is 16.0. The average molecular weight is 642 g/mol. The molecule has 7 nitrogen and oxygen atoms in total. The molecule has 0 aromatic heterocycles. The predicted octanol–water partition coefficient (Wildman–Crippen LogP) is 7.13. The van der Waals surface area contributed by atoms with Crippen LogP contribution in [0.15, 0.2) is 57.9 Å². The first-order valence-electron chi connectivity index (χ1n) is 13.6. The lowest BCUT2D eigenvalue weighted by atomic mass is 9.85. The number of ether oxygens (including phenoxy) is 1. The lowest BCUT2D eigenvalue weighted by Gasteiger charge is -2.34. The van der Waals surface area contributed by atoms with Crippen LogP contribution in [-0.2, 0) is 25.0 Å². The Morgan fingerprint density at radius 3 is 2.27 bits per heavy atom. The molecule has 1 amide bonds. The summed E-state index contributed by atoms with van der Waals surface area (Å²) in [6, 6.07) is 13.9. The second-order valence-electron chi connectivity index (χ2n) is 11.7. The number of carbonyl (C=O) groups is 2. The monoisotopic (exact) mass is 640 g/mol. The maximum atomic E-state index is 13.6. The number of halogens is 1. The van der Waals surface area contributed by atoms with E-state index in [1.54, 1.807) is 30.0 Å². The molecular formula is C32H37BrN2O5S. The van der Waals surface area contributed by atoms with E-state index in [0.29, 0.717) is 24.9 Å². The van der Waals surface area contributed by atoms with E-state index in [1.165, 1.54) is 12.1 Å². The highest BCUT2D eigenvalue weighted by Crippen LogP contribution is 2.33. The number of piperidine rings is 1. The van der Waals surface area contributed by atoms with Crippen molar-refractivity contribution in [2.75, 3.05) is 16.2 Å². The van der Waals surface area contributed by atoms with Crippen molar-refractivity contribution >= 4 is 49.2 Å². The summed E-state index contributed by atoms with van der Waals surface area (Å²) >= 11 is 3.50. The molecule has 1 aliphatic heterocycles. The van der Waals surface area contributed by atoms with Crippen LogP contribution in [0.2, 0.25) is 0 Å². The minimum Gasteiger partial charge on any atom is -0.449 e. The van der Waals surface area contributed by atoms with Crippen LogP contribution in [0.4, 0.5) is 11.4 Å². The molecule has 9 heteroatoms. The molecule has 1 heterocycles. The third-order valence-electron chi connectivity index (χ3n) is 7.53. The summed E-state index contributed by atoms with van der Waals surface area (Å²) in [5.41, 5.74) is 4.97. The number of benzene rings is 3. The molecule has 0 bridgehead atoms. The summed E-state index contributed by atoms with van der Waals surface area (Å²) in [6.07, 6.45) is 0.0776. The fraction of sp³-hybridized carbons (Fsp3) is 0.375. The standard InChI is InChI=1S/C32H37BrN2O5S/c1-19-15-23(32(5,6)7)18-28(22(19)4)41(38,39)34-26-12-9-8-11-25(26)31(37)40-27-13-10-14-35(30(27)36)29-20(2)16-24(33)17-21(29)3/h8-9,11-12,15-18,27,34H,10,13-14H2,1-7H3. The van der Waals surface area contributed by atoms with Crippen molar-refractivity contribution in [2.24, 2.45) is 0 Å². The maximum Gasteiger partial charge on any atom is 0.341 e. The molecule has 0 aliphatic carbocycles. The molecule has 1 N–H and O–H groups in total. The Kier molecular flexibility index (Phi) is 8.71. The van der Waals surface area contributed by atoms with Crippen molar-refractivity contribution in [3.05, 3.63) is 86.4 Å². The molecular weight excluding hydrogens is 604 g/mol. The number of aryl methyl sites for hydroxylation is 3. The van der Waals surface area contributed by atoms with Crippen LogP contribution in [0.5, 0.6) is 0 Å². The Balaban J connectivity index is 1.60. The molecule has 3 aromatic carbocycles. The number of esters is 1. The van der Waals surface area contributed by atoms with Gasteiger partial charge in [-0.3, -0.25) is 9.52 Å². The highest BCUT2D eigenvalue weighted by Gasteiger charge is 2.35. The first-order chi connectivity index (χ1) is 19.1. The van der Waals surface area contributed by atoms with Gasteiger partial charge in [0.15, 0.2) is 6.10 Å². The molecule has 1 aliphatic rings. The summed E-state index contributed by atoms with van der Waals surface area (Å²) < 4.78 is 36.5. The van der Waals surface area contributed by atoms with Gasteiger partial charge in [0.05, 0.1) is 16.1 Å². The second kappa shape index (κ2) is 11.6. The molecule has 1 atom stereocenters. The number of nitrogens with zero attached hydrogens (tertiary/aromatic N) is 1. The van der Waals surface area contributed by atoms with Gasteiger partial charge < -0.3 is 9.64 Å². The van der Waals surface area contributed by atoms with Crippen molar-refractivity contribution in [2.45, 2.75) is 77.7 Å². The lowest BCUT2D eigenvalue weighted by Crippen LogP contribution is -2.46. The van der Waals surface area contributed by atoms with Gasteiger partial charge in [-0.05, 0) is 104 Å². The zero-order valence-corrected chi connectivity index (χ0v) is 27.0. The quantitative estimate of drug-likeness (QED) is 0.289. The first-order valence-corrected chi connectivity index (χ1v) is 15.9. The van der Waals surface area contributed by atoms with E-state index in [0.717, 1.165) is 32.4 Å². The van der Waals surface area contributed by atoms with Crippen LogP contribution in [0, 0.1) is 27.7 Å². The van der Waals surface area contributed by atoms with Gasteiger partial charge in [0.1, 0.15) is 0 Å². The van der Waals surface area contributed by atoms with Gasteiger partial charge in [-0.15, -0.1) is 0 Å². The van der Waals surface area contributed by atoms with Gasteiger partial charge in [0.25, 0.3) is 15.9 Å². The maximum absolute atomic E-state index is 13.6.